The fourth-order valence-corrected chi connectivity index (χ4v) is 5.29. The van der Waals surface area contributed by atoms with Gasteiger partial charge in [-0.3, -0.25) is 9.36 Å². The smallest absolute Gasteiger partial charge is 0.253 e. The van der Waals surface area contributed by atoms with Crippen molar-refractivity contribution in [2.75, 3.05) is 33.2 Å². The molecule has 0 unspecified atom stereocenters. The van der Waals surface area contributed by atoms with Gasteiger partial charge in [-0.05, 0) is 49.4 Å². The number of hydrogen-bond acceptors (Lipinski definition) is 5. The van der Waals surface area contributed by atoms with Crippen LogP contribution in [0.3, 0.4) is 0 Å². The predicted octanol–water partition coefficient (Wildman–Crippen LogP) is 4.85. The zero-order valence-electron chi connectivity index (χ0n) is 20.8. The van der Waals surface area contributed by atoms with Gasteiger partial charge in [0.25, 0.3) is 5.91 Å². The normalized spacial score (nSPS) is 14.2. The number of likely N-dealkylation sites (N-methyl/N-ethyl adjacent to an activating group) is 1. The van der Waals surface area contributed by atoms with Crippen LogP contribution in [0.4, 0.5) is 0 Å². The second-order valence-electron chi connectivity index (χ2n) is 9.32. The highest BCUT2D eigenvalue weighted by Gasteiger charge is 2.21. The van der Waals surface area contributed by atoms with Crippen LogP contribution in [0.15, 0.2) is 84.0 Å². The Hall–Kier alpha value is -3.42. The number of aryl methyl sites for hydroxylation is 1. The highest BCUT2D eigenvalue weighted by Crippen LogP contribution is 2.27. The van der Waals surface area contributed by atoms with E-state index in [4.69, 9.17) is 0 Å². The summed E-state index contributed by atoms with van der Waals surface area (Å²) in [5.41, 5.74) is 5.32. The van der Waals surface area contributed by atoms with Crippen LogP contribution < -0.4 is 0 Å². The minimum atomic E-state index is 0.114. The fourth-order valence-electron chi connectivity index (χ4n) is 4.37. The number of amides is 1. The minimum Gasteiger partial charge on any atom is -0.336 e. The van der Waals surface area contributed by atoms with Gasteiger partial charge >= 0.3 is 0 Å². The molecule has 184 valence electrons. The maximum absolute atomic E-state index is 13.1. The van der Waals surface area contributed by atoms with E-state index in [1.807, 2.05) is 41.3 Å². The lowest BCUT2D eigenvalue weighted by molar-refractivity contribution is 0.0664. The molecule has 0 atom stereocenters. The Labute approximate surface area is 217 Å². The van der Waals surface area contributed by atoms with Gasteiger partial charge in [0, 0.05) is 49.6 Å². The van der Waals surface area contributed by atoms with Crippen molar-refractivity contribution in [2.24, 2.45) is 0 Å². The van der Waals surface area contributed by atoms with Gasteiger partial charge in [-0.2, -0.15) is 0 Å². The van der Waals surface area contributed by atoms with E-state index in [0.717, 1.165) is 54.0 Å². The van der Waals surface area contributed by atoms with E-state index in [-0.39, 0.29) is 5.91 Å². The van der Waals surface area contributed by atoms with Gasteiger partial charge in [-0.1, -0.05) is 71.9 Å². The molecule has 0 spiro atoms. The lowest BCUT2D eigenvalue weighted by Crippen LogP contribution is -2.47. The third-order valence-electron chi connectivity index (χ3n) is 6.53. The summed E-state index contributed by atoms with van der Waals surface area (Å²) >= 11 is 1.64. The largest absolute Gasteiger partial charge is 0.336 e. The Morgan fingerprint density at radius 3 is 2.33 bits per heavy atom. The number of carbonyl (C=O) groups excluding carboxylic acids is 1. The van der Waals surface area contributed by atoms with Gasteiger partial charge < -0.3 is 9.80 Å². The van der Waals surface area contributed by atoms with E-state index in [1.54, 1.807) is 11.8 Å². The van der Waals surface area contributed by atoms with Crippen molar-refractivity contribution >= 4 is 17.7 Å². The first-order valence-corrected chi connectivity index (χ1v) is 13.3. The molecule has 4 aromatic rings. The molecule has 0 aliphatic carbocycles. The molecule has 0 N–H and O–H groups in total. The molecule has 1 fully saturated rings. The van der Waals surface area contributed by atoms with Crippen molar-refractivity contribution in [3.63, 3.8) is 0 Å². The molecule has 3 aromatic carbocycles. The maximum atomic E-state index is 13.1. The van der Waals surface area contributed by atoms with Gasteiger partial charge in [-0.15, -0.1) is 10.2 Å². The molecule has 36 heavy (non-hydrogen) atoms. The van der Waals surface area contributed by atoms with Crippen molar-refractivity contribution < 1.29 is 4.79 Å². The molecule has 1 aliphatic rings. The Kier molecular flexibility index (Phi) is 7.49. The van der Waals surface area contributed by atoms with Crippen molar-refractivity contribution in [2.45, 2.75) is 24.3 Å². The number of aromatic nitrogens is 3. The lowest BCUT2D eigenvalue weighted by Gasteiger charge is -2.32. The van der Waals surface area contributed by atoms with E-state index < -0.39 is 0 Å². The Morgan fingerprint density at radius 2 is 1.58 bits per heavy atom. The molecule has 0 saturated carbocycles. The second kappa shape index (κ2) is 11.1. The van der Waals surface area contributed by atoms with Crippen LogP contribution in [-0.4, -0.2) is 63.7 Å². The van der Waals surface area contributed by atoms with Crippen molar-refractivity contribution in [1.29, 1.82) is 0 Å². The number of piperazine rings is 1. The molecule has 2 heterocycles. The van der Waals surface area contributed by atoms with E-state index in [2.05, 4.69) is 76.1 Å². The summed E-state index contributed by atoms with van der Waals surface area (Å²) in [6, 6.07) is 26.8. The monoisotopic (exact) mass is 497 g/mol. The maximum Gasteiger partial charge on any atom is 0.253 e. The molecule has 0 bridgehead atoms. The quantitative estimate of drug-likeness (QED) is 0.342. The zero-order chi connectivity index (χ0) is 24.9. The van der Waals surface area contributed by atoms with Gasteiger partial charge in [0.2, 0.25) is 0 Å². The molecule has 6 nitrogen and oxygen atoms in total. The average molecular weight is 498 g/mol. The number of nitrogens with zero attached hydrogens (tertiary/aromatic N) is 5. The van der Waals surface area contributed by atoms with Crippen LogP contribution in [0.1, 0.15) is 32.9 Å². The van der Waals surface area contributed by atoms with Crippen molar-refractivity contribution in [1.82, 2.24) is 24.6 Å². The summed E-state index contributed by atoms with van der Waals surface area (Å²) in [5, 5.41) is 9.97. The number of hydrogen-bond donors (Lipinski definition) is 0. The zero-order valence-corrected chi connectivity index (χ0v) is 21.6. The summed E-state index contributed by atoms with van der Waals surface area (Å²) < 4.78 is 2.15. The van der Waals surface area contributed by atoms with E-state index in [9.17, 15) is 4.79 Å². The summed E-state index contributed by atoms with van der Waals surface area (Å²) in [4.78, 5) is 17.3. The first-order valence-electron chi connectivity index (χ1n) is 12.3. The topological polar surface area (TPSA) is 54.3 Å². The Bertz CT molecular complexity index is 1310. The first kappa shape index (κ1) is 24.3. The van der Waals surface area contributed by atoms with Crippen LogP contribution >= 0.6 is 11.8 Å². The molecule has 5 rings (SSSR count). The Morgan fingerprint density at radius 1 is 0.861 bits per heavy atom. The van der Waals surface area contributed by atoms with Crippen molar-refractivity contribution in [3.05, 3.63) is 107 Å². The Balaban J connectivity index is 1.36. The van der Waals surface area contributed by atoms with E-state index >= 15 is 0 Å². The number of carbonyl (C=O) groups is 1. The summed E-state index contributed by atoms with van der Waals surface area (Å²) in [5.74, 6) is 1.73. The molecule has 1 aliphatic heterocycles. The predicted molar refractivity (Wildman–Crippen MR) is 145 cm³/mol. The SMILES string of the molecule is Cc1ccc(-n2c(Cc3ccccc3)nnc2SCc2cccc(C(=O)N3CCN(C)CC3)c2)cc1. The van der Waals surface area contributed by atoms with Crippen LogP contribution in [0.2, 0.25) is 0 Å². The molecular weight excluding hydrogens is 466 g/mol. The fraction of sp³-hybridized carbons (Fsp3) is 0.276. The number of thioether (sulfide) groups is 1. The molecule has 0 radical (unpaired) electrons. The van der Waals surface area contributed by atoms with Gasteiger partial charge in [0.1, 0.15) is 5.82 Å². The summed E-state index contributed by atoms with van der Waals surface area (Å²) in [6.07, 6.45) is 0.706. The molecular formula is C29H31N5OS. The van der Waals surface area contributed by atoms with Crippen LogP contribution in [0.25, 0.3) is 5.69 Å². The average Bonchev–Trinajstić information content (AvgIpc) is 3.31. The van der Waals surface area contributed by atoms with Gasteiger partial charge in [-0.25, -0.2) is 0 Å². The third-order valence-corrected chi connectivity index (χ3v) is 7.53. The molecule has 1 saturated heterocycles. The van der Waals surface area contributed by atoms with Crippen LogP contribution in [-0.2, 0) is 12.2 Å². The van der Waals surface area contributed by atoms with E-state index in [0.29, 0.717) is 12.2 Å². The molecule has 1 amide bonds. The number of rotatable bonds is 7. The van der Waals surface area contributed by atoms with Crippen LogP contribution in [0, 0.1) is 6.92 Å². The summed E-state index contributed by atoms with van der Waals surface area (Å²) in [6.45, 7) is 5.48. The van der Waals surface area contributed by atoms with Crippen LogP contribution in [0.5, 0.6) is 0 Å². The standard InChI is InChI=1S/C29H31N5OS/c1-22-11-13-26(14-12-22)34-27(20-23-7-4-3-5-8-23)30-31-29(34)36-21-24-9-6-10-25(19-24)28(35)33-17-15-32(2)16-18-33/h3-14,19H,15-18,20-21H2,1-2H3. The van der Waals surface area contributed by atoms with Gasteiger partial charge in [0.05, 0.1) is 0 Å². The lowest BCUT2D eigenvalue weighted by atomic mass is 10.1. The highest BCUT2D eigenvalue weighted by atomic mass is 32.2. The highest BCUT2D eigenvalue weighted by molar-refractivity contribution is 7.98. The number of benzene rings is 3. The first-order chi connectivity index (χ1) is 17.6. The third kappa shape index (κ3) is 5.69. The van der Waals surface area contributed by atoms with Gasteiger partial charge in [0.15, 0.2) is 5.16 Å². The molecule has 1 aromatic heterocycles. The molecule has 7 heteroatoms. The second-order valence-corrected chi connectivity index (χ2v) is 10.3. The van der Waals surface area contributed by atoms with E-state index in [1.165, 1.54) is 11.1 Å². The summed E-state index contributed by atoms with van der Waals surface area (Å²) in [7, 11) is 2.10. The minimum absolute atomic E-state index is 0.114. The van der Waals surface area contributed by atoms with Crippen molar-refractivity contribution in [3.8, 4) is 5.69 Å².